The first kappa shape index (κ1) is 15.9. The van der Waals surface area contributed by atoms with E-state index in [1.54, 1.807) is 0 Å². The molecule has 1 N–H and O–H groups in total. The number of methoxy groups -OCH3 is 1. The molecule has 0 aliphatic heterocycles. The number of likely N-dealkylation sites (N-methyl/N-ethyl adjacent to an activating group) is 1. The zero-order chi connectivity index (χ0) is 14.4. The van der Waals surface area contributed by atoms with Gasteiger partial charge in [-0.2, -0.15) is 0 Å². The van der Waals surface area contributed by atoms with Crippen LogP contribution in [-0.4, -0.2) is 45.2 Å². The molecule has 0 spiro atoms. The summed E-state index contributed by atoms with van der Waals surface area (Å²) < 4.78 is 17.9. The summed E-state index contributed by atoms with van der Waals surface area (Å²) in [6.07, 6.45) is 0. The van der Waals surface area contributed by atoms with Crippen molar-refractivity contribution in [2.75, 3.05) is 34.3 Å². The van der Waals surface area contributed by atoms with E-state index < -0.39 is 17.8 Å². The number of nitrogens with zero attached hydrogens (tertiary/aromatic N) is 1. The van der Waals surface area contributed by atoms with Gasteiger partial charge in [-0.25, -0.2) is 9.18 Å². The number of esters is 1. The Morgan fingerprint density at radius 2 is 2.21 bits per heavy atom. The molecular formula is C13H18ClFN2O2. The van der Waals surface area contributed by atoms with Gasteiger partial charge in [-0.05, 0) is 31.8 Å². The molecule has 106 valence electrons. The van der Waals surface area contributed by atoms with Crippen LogP contribution in [0.1, 0.15) is 11.6 Å². The lowest BCUT2D eigenvalue weighted by Gasteiger charge is -2.18. The molecule has 1 atom stereocenters. The molecule has 0 amide bonds. The Balaban J connectivity index is 2.83. The first-order chi connectivity index (χ1) is 8.95. The van der Waals surface area contributed by atoms with E-state index in [4.69, 9.17) is 16.3 Å². The van der Waals surface area contributed by atoms with E-state index in [-0.39, 0.29) is 5.02 Å². The summed E-state index contributed by atoms with van der Waals surface area (Å²) in [4.78, 5) is 13.7. The second-order valence-electron chi connectivity index (χ2n) is 4.39. The van der Waals surface area contributed by atoms with Crippen molar-refractivity contribution in [2.45, 2.75) is 6.04 Å². The van der Waals surface area contributed by atoms with Crippen LogP contribution in [0.3, 0.4) is 0 Å². The van der Waals surface area contributed by atoms with Crippen LogP contribution in [0.2, 0.25) is 5.02 Å². The van der Waals surface area contributed by atoms with Gasteiger partial charge in [0.15, 0.2) is 0 Å². The molecule has 1 aromatic rings. The lowest BCUT2D eigenvalue weighted by atomic mass is 10.1. The number of hydrogen-bond donors (Lipinski definition) is 1. The van der Waals surface area contributed by atoms with Crippen molar-refractivity contribution in [3.05, 3.63) is 34.6 Å². The number of hydrogen-bond acceptors (Lipinski definition) is 4. The molecule has 0 aliphatic rings. The maximum absolute atomic E-state index is 13.1. The fourth-order valence-electron chi connectivity index (χ4n) is 1.58. The van der Waals surface area contributed by atoms with Gasteiger partial charge >= 0.3 is 5.97 Å². The zero-order valence-corrected chi connectivity index (χ0v) is 12.0. The fraction of sp³-hybridized carbons (Fsp3) is 0.462. The quantitative estimate of drug-likeness (QED) is 0.811. The lowest BCUT2D eigenvalue weighted by molar-refractivity contribution is -0.143. The Morgan fingerprint density at radius 3 is 2.74 bits per heavy atom. The van der Waals surface area contributed by atoms with Gasteiger partial charge in [0.05, 0.1) is 12.1 Å². The van der Waals surface area contributed by atoms with Crippen LogP contribution in [-0.2, 0) is 9.53 Å². The number of rotatable bonds is 6. The number of carbonyl (C=O) groups is 1. The van der Waals surface area contributed by atoms with Crippen molar-refractivity contribution in [2.24, 2.45) is 0 Å². The summed E-state index contributed by atoms with van der Waals surface area (Å²) in [7, 11) is 5.18. The molecule has 6 heteroatoms. The average Bonchev–Trinajstić information content (AvgIpc) is 2.37. The topological polar surface area (TPSA) is 41.6 Å². The minimum Gasteiger partial charge on any atom is -0.468 e. The molecule has 1 rings (SSSR count). The second kappa shape index (κ2) is 7.43. The predicted molar refractivity (Wildman–Crippen MR) is 72.7 cm³/mol. The molecule has 0 aliphatic carbocycles. The van der Waals surface area contributed by atoms with Crippen LogP contribution in [0.25, 0.3) is 0 Å². The van der Waals surface area contributed by atoms with Gasteiger partial charge in [0, 0.05) is 13.1 Å². The number of nitrogens with one attached hydrogen (secondary N) is 1. The normalized spacial score (nSPS) is 12.5. The largest absolute Gasteiger partial charge is 0.468 e. The van der Waals surface area contributed by atoms with Crippen molar-refractivity contribution >= 4 is 17.6 Å². The van der Waals surface area contributed by atoms with E-state index in [9.17, 15) is 9.18 Å². The van der Waals surface area contributed by atoms with Gasteiger partial charge in [-0.1, -0.05) is 17.7 Å². The van der Waals surface area contributed by atoms with Crippen molar-refractivity contribution in [1.82, 2.24) is 10.2 Å². The molecule has 19 heavy (non-hydrogen) atoms. The molecule has 0 aromatic heterocycles. The molecule has 0 saturated carbocycles. The smallest absolute Gasteiger partial charge is 0.327 e. The second-order valence-corrected chi connectivity index (χ2v) is 4.79. The summed E-state index contributed by atoms with van der Waals surface area (Å²) in [6.45, 7) is 1.37. The standard InChI is InChI=1S/C13H18ClFN2O2/c1-17(2)7-6-16-12(13(18)19-3)9-4-5-11(15)10(14)8-9/h4-5,8,12,16H,6-7H2,1-3H3. The molecule has 1 unspecified atom stereocenters. The Kier molecular flexibility index (Phi) is 6.21. The number of carbonyl (C=O) groups excluding carboxylic acids is 1. The number of halogens is 2. The van der Waals surface area contributed by atoms with Gasteiger partial charge in [0.25, 0.3) is 0 Å². The van der Waals surface area contributed by atoms with E-state index in [0.29, 0.717) is 12.1 Å². The maximum atomic E-state index is 13.1. The molecule has 0 radical (unpaired) electrons. The van der Waals surface area contributed by atoms with Gasteiger partial charge in [-0.15, -0.1) is 0 Å². The Bertz CT molecular complexity index is 441. The van der Waals surface area contributed by atoms with Crippen LogP contribution in [0.15, 0.2) is 18.2 Å². The number of ether oxygens (including phenoxy) is 1. The van der Waals surface area contributed by atoms with E-state index in [0.717, 1.165) is 6.54 Å². The third-order valence-corrected chi connectivity index (χ3v) is 2.91. The first-order valence-electron chi connectivity index (χ1n) is 5.86. The van der Waals surface area contributed by atoms with Gasteiger partial charge in [0.2, 0.25) is 0 Å². The number of benzene rings is 1. The Labute approximate surface area is 117 Å². The van der Waals surface area contributed by atoms with E-state index >= 15 is 0 Å². The maximum Gasteiger partial charge on any atom is 0.327 e. The molecule has 0 bridgehead atoms. The van der Waals surface area contributed by atoms with Crippen LogP contribution < -0.4 is 5.32 Å². The first-order valence-corrected chi connectivity index (χ1v) is 6.24. The summed E-state index contributed by atoms with van der Waals surface area (Å²) in [5.41, 5.74) is 0.581. The van der Waals surface area contributed by atoms with Gasteiger partial charge in [0.1, 0.15) is 11.9 Å². The summed E-state index contributed by atoms with van der Waals surface area (Å²) >= 11 is 5.73. The van der Waals surface area contributed by atoms with Crippen LogP contribution in [0.4, 0.5) is 4.39 Å². The van der Waals surface area contributed by atoms with Crippen LogP contribution >= 0.6 is 11.6 Å². The van der Waals surface area contributed by atoms with E-state index in [2.05, 4.69) is 5.32 Å². The fourth-order valence-corrected chi connectivity index (χ4v) is 1.77. The summed E-state index contributed by atoms with van der Waals surface area (Å²) in [5.74, 6) is -0.941. The third kappa shape index (κ3) is 4.78. The highest BCUT2D eigenvalue weighted by Gasteiger charge is 2.21. The molecular weight excluding hydrogens is 271 g/mol. The third-order valence-electron chi connectivity index (χ3n) is 2.62. The highest BCUT2D eigenvalue weighted by Crippen LogP contribution is 2.21. The van der Waals surface area contributed by atoms with Gasteiger partial charge in [-0.3, -0.25) is 5.32 Å². The van der Waals surface area contributed by atoms with E-state index in [1.165, 1.54) is 25.3 Å². The lowest BCUT2D eigenvalue weighted by Crippen LogP contribution is -2.34. The van der Waals surface area contributed by atoms with Gasteiger partial charge < -0.3 is 9.64 Å². The summed E-state index contributed by atoms with van der Waals surface area (Å²) in [5, 5.41) is 3.05. The molecule has 4 nitrogen and oxygen atoms in total. The SMILES string of the molecule is COC(=O)C(NCCN(C)C)c1ccc(F)c(Cl)c1. The highest BCUT2D eigenvalue weighted by atomic mass is 35.5. The van der Waals surface area contributed by atoms with Crippen molar-refractivity contribution in [1.29, 1.82) is 0 Å². The molecule has 0 fully saturated rings. The van der Waals surface area contributed by atoms with Crippen molar-refractivity contribution in [3.8, 4) is 0 Å². The zero-order valence-electron chi connectivity index (χ0n) is 11.2. The van der Waals surface area contributed by atoms with E-state index in [1.807, 2.05) is 19.0 Å². The van der Waals surface area contributed by atoms with Crippen molar-refractivity contribution < 1.29 is 13.9 Å². The van der Waals surface area contributed by atoms with Crippen molar-refractivity contribution in [3.63, 3.8) is 0 Å². The predicted octanol–water partition coefficient (Wildman–Crippen LogP) is 1.84. The monoisotopic (exact) mass is 288 g/mol. The van der Waals surface area contributed by atoms with Crippen LogP contribution in [0.5, 0.6) is 0 Å². The molecule has 1 aromatic carbocycles. The van der Waals surface area contributed by atoms with Crippen LogP contribution in [0, 0.1) is 5.82 Å². The average molecular weight is 289 g/mol. The Morgan fingerprint density at radius 1 is 1.53 bits per heavy atom. The Hall–Kier alpha value is -1.17. The minimum absolute atomic E-state index is 0.0131. The summed E-state index contributed by atoms with van der Waals surface area (Å²) in [6, 6.07) is 3.54. The highest BCUT2D eigenvalue weighted by molar-refractivity contribution is 6.30. The molecule has 0 saturated heterocycles. The molecule has 0 heterocycles. The minimum atomic E-state index is -0.650.